The number of aldehydes is 1. The maximum Gasteiger partial charge on any atom is 0.365 e. The average Bonchev–Trinajstić information content (AvgIpc) is 2.15. The van der Waals surface area contributed by atoms with E-state index in [-0.39, 0.29) is 12.0 Å². The van der Waals surface area contributed by atoms with Crippen LogP contribution >= 0.6 is 10.7 Å². The van der Waals surface area contributed by atoms with Gasteiger partial charge in [-0.3, -0.25) is 4.79 Å². The largest absolute Gasteiger partial charge is 0.365 e. The molecule has 0 saturated carbocycles. The maximum absolute atomic E-state index is 10.9. The van der Waals surface area contributed by atoms with Crippen molar-refractivity contribution < 1.29 is 18.1 Å². The Balaban J connectivity index is 3.50. The van der Waals surface area contributed by atoms with Gasteiger partial charge in [0.15, 0.2) is 6.29 Å². The summed E-state index contributed by atoms with van der Waals surface area (Å²) in [6, 6.07) is 1.53. The highest BCUT2D eigenvalue weighted by atomic mass is 35.7. The zero-order valence-electron chi connectivity index (χ0n) is 6.95. The molecule has 1 rings (SSSR count). The topological polar surface area (TPSA) is 107 Å². The smallest absolute Gasteiger partial charge is 0.358 e. The molecular formula is C6H3ClN2O5S. The third-order valence-electron chi connectivity index (χ3n) is 1.39. The predicted molar refractivity (Wildman–Crippen MR) is 49.3 cm³/mol. The number of halogens is 1. The summed E-state index contributed by atoms with van der Waals surface area (Å²) < 4.78 is 21.7. The van der Waals surface area contributed by atoms with Crippen molar-refractivity contribution in [3.8, 4) is 0 Å². The first-order chi connectivity index (χ1) is 6.84. The van der Waals surface area contributed by atoms with Crippen molar-refractivity contribution in [3.05, 3.63) is 27.9 Å². The second-order valence-electron chi connectivity index (χ2n) is 2.40. The number of nitro groups is 1. The molecule has 1 heterocycles. The van der Waals surface area contributed by atoms with Crippen LogP contribution in [-0.2, 0) is 9.05 Å². The van der Waals surface area contributed by atoms with Crippen LogP contribution in [0.3, 0.4) is 0 Å². The summed E-state index contributed by atoms with van der Waals surface area (Å²) in [5.74, 6) is -0.751. The highest BCUT2D eigenvalue weighted by Crippen LogP contribution is 2.19. The summed E-state index contributed by atoms with van der Waals surface area (Å²) in [5.41, 5.74) is -0.372. The van der Waals surface area contributed by atoms with Crippen molar-refractivity contribution in [1.29, 1.82) is 0 Å². The van der Waals surface area contributed by atoms with Crippen LogP contribution < -0.4 is 0 Å². The number of rotatable bonds is 3. The van der Waals surface area contributed by atoms with Crippen molar-refractivity contribution in [2.24, 2.45) is 0 Å². The lowest BCUT2D eigenvalue weighted by Crippen LogP contribution is -2.00. The molecule has 0 spiro atoms. The summed E-state index contributed by atoms with van der Waals surface area (Å²) >= 11 is 0. The number of aromatic nitrogens is 1. The zero-order chi connectivity index (χ0) is 11.6. The number of carbonyl (C=O) groups is 1. The second kappa shape index (κ2) is 3.91. The van der Waals surface area contributed by atoms with Crippen molar-refractivity contribution >= 4 is 31.8 Å². The van der Waals surface area contributed by atoms with Gasteiger partial charge in [0.05, 0.1) is 11.0 Å². The van der Waals surface area contributed by atoms with Gasteiger partial charge < -0.3 is 10.1 Å². The van der Waals surface area contributed by atoms with E-state index in [1.54, 1.807) is 0 Å². The monoisotopic (exact) mass is 250 g/mol. The Hall–Kier alpha value is -1.54. The molecule has 0 aliphatic rings. The molecule has 0 saturated heterocycles. The van der Waals surface area contributed by atoms with Crippen LogP contribution in [0.5, 0.6) is 0 Å². The maximum atomic E-state index is 10.9. The van der Waals surface area contributed by atoms with Crippen molar-refractivity contribution in [2.45, 2.75) is 4.90 Å². The van der Waals surface area contributed by atoms with E-state index in [1.807, 2.05) is 0 Å². The molecule has 1 aromatic rings. The summed E-state index contributed by atoms with van der Waals surface area (Å²) in [4.78, 5) is 22.5. The van der Waals surface area contributed by atoms with Gasteiger partial charge >= 0.3 is 5.82 Å². The Labute approximate surface area is 88.3 Å². The minimum atomic E-state index is -4.12. The van der Waals surface area contributed by atoms with Crippen molar-refractivity contribution in [3.63, 3.8) is 0 Å². The molecule has 15 heavy (non-hydrogen) atoms. The van der Waals surface area contributed by atoms with Gasteiger partial charge in [0.2, 0.25) is 5.69 Å². The number of hydrogen-bond donors (Lipinski definition) is 0. The number of hydrogen-bond acceptors (Lipinski definition) is 6. The Morgan fingerprint density at radius 2 is 2.07 bits per heavy atom. The van der Waals surface area contributed by atoms with Gasteiger partial charge in [-0.2, -0.15) is 0 Å². The number of pyridine rings is 1. The van der Waals surface area contributed by atoms with Gasteiger partial charge in [0, 0.05) is 16.7 Å². The van der Waals surface area contributed by atoms with Gasteiger partial charge in [0.25, 0.3) is 9.05 Å². The van der Waals surface area contributed by atoms with Crippen LogP contribution in [0.25, 0.3) is 0 Å². The summed E-state index contributed by atoms with van der Waals surface area (Å²) in [6.45, 7) is 0. The van der Waals surface area contributed by atoms with Crippen LogP contribution in [-0.4, -0.2) is 24.6 Å². The molecule has 80 valence electrons. The van der Waals surface area contributed by atoms with Gasteiger partial charge in [-0.1, -0.05) is 0 Å². The zero-order valence-corrected chi connectivity index (χ0v) is 8.53. The normalized spacial score (nSPS) is 11.0. The number of carbonyl (C=O) groups excluding carboxylic acids is 1. The lowest BCUT2D eigenvalue weighted by molar-refractivity contribution is -0.389. The first kappa shape index (κ1) is 11.5. The highest BCUT2D eigenvalue weighted by Gasteiger charge is 2.19. The fourth-order valence-electron chi connectivity index (χ4n) is 0.806. The van der Waals surface area contributed by atoms with E-state index in [9.17, 15) is 23.3 Å². The highest BCUT2D eigenvalue weighted by molar-refractivity contribution is 8.13. The molecule has 0 amide bonds. The van der Waals surface area contributed by atoms with Crippen LogP contribution in [0, 0.1) is 10.1 Å². The Kier molecular flexibility index (Phi) is 3.01. The molecule has 9 heteroatoms. The summed E-state index contributed by atoms with van der Waals surface area (Å²) in [6.07, 6.45) is 0.193. The van der Waals surface area contributed by atoms with E-state index < -0.39 is 24.7 Å². The SMILES string of the molecule is O=Cc1cc(S(=O)(=O)Cl)cc([N+](=O)[O-])n1. The predicted octanol–water partition coefficient (Wildman–Crippen LogP) is 0.730. The molecule has 0 radical (unpaired) electrons. The molecule has 0 aromatic carbocycles. The molecule has 0 aliphatic heterocycles. The van der Waals surface area contributed by atoms with Crippen LogP contribution in [0.2, 0.25) is 0 Å². The summed E-state index contributed by atoms with van der Waals surface area (Å²) in [7, 11) is 0.848. The molecule has 1 aromatic heterocycles. The molecular weight excluding hydrogens is 248 g/mol. The third kappa shape index (κ3) is 2.70. The first-order valence-electron chi connectivity index (χ1n) is 3.41. The Morgan fingerprint density at radius 1 is 1.47 bits per heavy atom. The lowest BCUT2D eigenvalue weighted by Gasteiger charge is -1.96. The van der Waals surface area contributed by atoms with Crippen LogP contribution in [0.1, 0.15) is 10.5 Å². The molecule has 0 fully saturated rings. The van der Waals surface area contributed by atoms with E-state index in [0.29, 0.717) is 6.07 Å². The molecule has 7 nitrogen and oxygen atoms in total. The van der Waals surface area contributed by atoms with E-state index in [0.717, 1.165) is 6.07 Å². The summed E-state index contributed by atoms with van der Waals surface area (Å²) in [5, 5.41) is 10.3. The Morgan fingerprint density at radius 3 is 2.47 bits per heavy atom. The van der Waals surface area contributed by atoms with Gasteiger partial charge in [-0.25, -0.2) is 8.42 Å². The van der Waals surface area contributed by atoms with E-state index >= 15 is 0 Å². The lowest BCUT2D eigenvalue weighted by atomic mass is 10.3. The van der Waals surface area contributed by atoms with Crippen LogP contribution in [0.15, 0.2) is 17.0 Å². The quantitative estimate of drug-likeness (QED) is 0.339. The van der Waals surface area contributed by atoms with Crippen LogP contribution in [0.4, 0.5) is 5.82 Å². The van der Waals surface area contributed by atoms with Gasteiger partial charge in [0.1, 0.15) is 0 Å². The minimum Gasteiger partial charge on any atom is -0.358 e. The number of nitrogens with zero attached hydrogens (tertiary/aromatic N) is 2. The standard InChI is InChI=1S/C6H3ClN2O5S/c7-15(13,14)5-1-4(3-10)8-6(2-5)9(11)12/h1-3H. The minimum absolute atomic E-state index is 0.193. The third-order valence-corrected chi connectivity index (χ3v) is 2.73. The van der Waals surface area contributed by atoms with E-state index in [2.05, 4.69) is 4.98 Å². The molecule has 0 unspecified atom stereocenters. The van der Waals surface area contributed by atoms with E-state index in [1.165, 1.54) is 0 Å². The van der Waals surface area contributed by atoms with Gasteiger partial charge in [-0.15, -0.1) is 0 Å². The first-order valence-corrected chi connectivity index (χ1v) is 5.72. The van der Waals surface area contributed by atoms with Crippen molar-refractivity contribution in [2.75, 3.05) is 0 Å². The van der Waals surface area contributed by atoms with Crippen molar-refractivity contribution in [1.82, 2.24) is 4.98 Å². The molecule has 0 atom stereocenters. The average molecular weight is 251 g/mol. The van der Waals surface area contributed by atoms with Gasteiger partial charge in [-0.05, 0) is 9.91 Å². The Bertz CT molecular complexity index is 526. The second-order valence-corrected chi connectivity index (χ2v) is 4.96. The molecule has 0 N–H and O–H groups in total. The van der Waals surface area contributed by atoms with E-state index in [4.69, 9.17) is 10.7 Å². The fraction of sp³-hybridized carbons (Fsp3) is 0. The fourth-order valence-corrected chi connectivity index (χ4v) is 1.58. The molecule has 0 aliphatic carbocycles. The molecule has 0 bridgehead atoms.